The van der Waals surface area contributed by atoms with E-state index in [4.69, 9.17) is 0 Å². The number of carbonyl (C=O) groups is 1. The Morgan fingerprint density at radius 3 is 2.54 bits per heavy atom. The van der Waals surface area contributed by atoms with Crippen molar-refractivity contribution in [3.63, 3.8) is 0 Å². The van der Waals surface area contributed by atoms with Gasteiger partial charge in [0.25, 0.3) is 0 Å². The largest absolute Gasteiger partial charge is 0.383 e. The maximum atomic E-state index is 12.6. The Bertz CT molecular complexity index is 685. The zero-order valence-electron chi connectivity index (χ0n) is 14.8. The molecule has 1 atom stereocenters. The topological polar surface area (TPSA) is 57.3 Å². The molecular formula is C19H26N4O. The Morgan fingerprint density at radius 1 is 1.12 bits per heavy atom. The number of pyridine rings is 1. The summed E-state index contributed by atoms with van der Waals surface area (Å²) in [6.07, 6.45) is 3.58. The summed E-state index contributed by atoms with van der Waals surface area (Å²) in [6.45, 7) is 5.28. The Kier molecular flexibility index (Phi) is 6.32. The Morgan fingerprint density at radius 2 is 1.88 bits per heavy atom. The Balaban J connectivity index is 1.92. The molecule has 0 spiro atoms. The van der Waals surface area contributed by atoms with E-state index < -0.39 is 0 Å². The van der Waals surface area contributed by atoms with Crippen molar-refractivity contribution in [1.82, 2.24) is 15.2 Å². The molecule has 1 aromatic heterocycles. The number of nitrogens with one attached hydrogen (secondary N) is 2. The number of amides is 1. The van der Waals surface area contributed by atoms with Crippen molar-refractivity contribution in [2.75, 3.05) is 32.5 Å². The van der Waals surface area contributed by atoms with E-state index in [1.165, 1.54) is 0 Å². The minimum atomic E-state index is -0.283. The van der Waals surface area contributed by atoms with Gasteiger partial charge in [-0.2, -0.15) is 0 Å². The summed E-state index contributed by atoms with van der Waals surface area (Å²) in [7, 11) is 3.85. The summed E-state index contributed by atoms with van der Waals surface area (Å²) in [4.78, 5) is 18.6. The fourth-order valence-electron chi connectivity index (χ4n) is 2.70. The average Bonchev–Trinajstić information content (AvgIpc) is 2.55. The lowest BCUT2D eigenvalue weighted by Gasteiger charge is -2.25. The first-order chi connectivity index (χ1) is 11.5. The van der Waals surface area contributed by atoms with Gasteiger partial charge in [-0.25, -0.2) is 0 Å². The van der Waals surface area contributed by atoms with Gasteiger partial charge < -0.3 is 10.6 Å². The highest BCUT2D eigenvalue weighted by molar-refractivity contribution is 5.83. The number of hydrogen-bond acceptors (Lipinski definition) is 4. The van der Waals surface area contributed by atoms with Gasteiger partial charge in [0, 0.05) is 31.2 Å². The molecule has 0 bridgehead atoms. The van der Waals surface area contributed by atoms with Crippen LogP contribution in [0.25, 0.3) is 0 Å². The molecule has 0 aliphatic rings. The fraction of sp³-hybridized carbons (Fsp3) is 0.368. The van der Waals surface area contributed by atoms with Crippen LogP contribution in [0.1, 0.15) is 22.7 Å². The molecule has 5 nitrogen and oxygen atoms in total. The summed E-state index contributed by atoms with van der Waals surface area (Å²) < 4.78 is 0. The Labute approximate surface area is 144 Å². The van der Waals surface area contributed by atoms with Crippen molar-refractivity contribution in [2.45, 2.75) is 19.9 Å². The highest BCUT2D eigenvalue weighted by Crippen LogP contribution is 2.21. The van der Waals surface area contributed by atoms with E-state index in [0.29, 0.717) is 13.1 Å². The molecular weight excluding hydrogens is 300 g/mol. The van der Waals surface area contributed by atoms with Gasteiger partial charge in [0.2, 0.25) is 5.91 Å². The first-order valence-corrected chi connectivity index (χ1v) is 8.15. The van der Waals surface area contributed by atoms with E-state index in [0.717, 1.165) is 22.4 Å². The van der Waals surface area contributed by atoms with Crippen molar-refractivity contribution >= 4 is 11.6 Å². The lowest BCUT2D eigenvalue weighted by atomic mass is 10.00. The molecule has 128 valence electrons. The number of aryl methyl sites for hydroxylation is 2. The van der Waals surface area contributed by atoms with Crippen molar-refractivity contribution in [3.05, 3.63) is 59.4 Å². The minimum Gasteiger partial charge on any atom is -0.383 e. The van der Waals surface area contributed by atoms with Crippen molar-refractivity contribution in [3.8, 4) is 0 Å². The van der Waals surface area contributed by atoms with Crippen LogP contribution in [0.4, 0.5) is 5.69 Å². The number of benzene rings is 1. The van der Waals surface area contributed by atoms with E-state index in [-0.39, 0.29) is 11.9 Å². The lowest BCUT2D eigenvalue weighted by Crippen LogP contribution is -2.39. The van der Waals surface area contributed by atoms with Crippen LogP contribution in [0.5, 0.6) is 0 Å². The van der Waals surface area contributed by atoms with Crippen molar-refractivity contribution in [2.24, 2.45) is 0 Å². The van der Waals surface area contributed by atoms with Gasteiger partial charge in [0.05, 0.1) is 0 Å². The van der Waals surface area contributed by atoms with Crippen LogP contribution in [0.3, 0.4) is 0 Å². The third kappa shape index (κ3) is 4.55. The number of aromatic nitrogens is 1. The highest BCUT2D eigenvalue weighted by Gasteiger charge is 2.23. The monoisotopic (exact) mass is 326 g/mol. The van der Waals surface area contributed by atoms with Crippen LogP contribution in [-0.2, 0) is 4.79 Å². The van der Waals surface area contributed by atoms with Gasteiger partial charge in [-0.05, 0) is 50.7 Å². The molecule has 2 aromatic rings. The van der Waals surface area contributed by atoms with E-state index in [9.17, 15) is 4.79 Å². The molecule has 1 amide bonds. The smallest absolute Gasteiger partial charge is 0.242 e. The predicted octanol–water partition coefficient (Wildman–Crippen LogP) is 2.53. The highest BCUT2D eigenvalue weighted by atomic mass is 16.2. The molecule has 0 aliphatic heterocycles. The summed E-state index contributed by atoms with van der Waals surface area (Å²) in [6, 6.07) is 9.66. The van der Waals surface area contributed by atoms with Crippen LogP contribution >= 0.6 is 0 Å². The van der Waals surface area contributed by atoms with Gasteiger partial charge in [0.1, 0.15) is 6.04 Å². The molecule has 0 saturated heterocycles. The second kappa shape index (κ2) is 8.45. The van der Waals surface area contributed by atoms with Gasteiger partial charge in [-0.1, -0.05) is 24.3 Å². The van der Waals surface area contributed by atoms with E-state index >= 15 is 0 Å². The standard InChI is InChI=1S/C19H26N4O/c1-14-7-5-6-8-16(14)18(23(3)4)19(24)22-12-11-21-17-9-10-20-13-15(17)2/h5-10,13,18H,11-12H2,1-4H3,(H,20,21)(H,22,24)/t18-/m1/s1. The predicted molar refractivity (Wildman–Crippen MR) is 98.1 cm³/mol. The lowest BCUT2D eigenvalue weighted by molar-refractivity contribution is -0.125. The first kappa shape index (κ1) is 17.9. The molecule has 0 radical (unpaired) electrons. The zero-order valence-corrected chi connectivity index (χ0v) is 14.8. The van der Waals surface area contributed by atoms with Gasteiger partial charge in [0.15, 0.2) is 0 Å². The molecule has 0 fully saturated rings. The third-order valence-electron chi connectivity index (χ3n) is 4.01. The van der Waals surface area contributed by atoms with Crippen LogP contribution < -0.4 is 10.6 Å². The summed E-state index contributed by atoms with van der Waals surface area (Å²) in [5.74, 6) is 0.0163. The molecule has 2 N–H and O–H groups in total. The maximum Gasteiger partial charge on any atom is 0.242 e. The minimum absolute atomic E-state index is 0.0163. The Hall–Kier alpha value is -2.40. The summed E-state index contributed by atoms with van der Waals surface area (Å²) in [5, 5.41) is 6.34. The first-order valence-electron chi connectivity index (χ1n) is 8.15. The number of rotatable bonds is 7. The van der Waals surface area contributed by atoms with Crippen LogP contribution in [-0.4, -0.2) is 43.0 Å². The number of hydrogen-bond donors (Lipinski definition) is 2. The number of likely N-dealkylation sites (N-methyl/N-ethyl adjacent to an activating group) is 1. The number of anilines is 1. The van der Waals surface area contributed by atoms with Gasteiger partial charge >= 0.3 is 0 Å². The summed E-state index contributed by atoms with van der Waals surface area (Å²) >= 11 is 0. The molecule has 1 aromatic carbocycles. The molecule has 0 aliphatic carbocycles. The number of nitrogens with zero attached hydrogens (tertiary/aromatic N) is 2. The second-order valence-electron chi connectivity index (χ2n) is 6.13. The van der Waals surface area contributed by atoms with Gasteiger partial charge in [-0.15, -0.1) is 0 Å². The van der Waals surface area contributed by atoms with Gasteiger partial charge in [-0.3, -0.25) is 14.7 Å². The molecule has 1 heterocycles. The van der Waals surface area contributed by atoms with Crippen molar-refractivity contribution in [1.29, 1.82) is 0 Å². The van der Waals surface area contributed by atoms with Crippen LogP contribution in [0.2, 0.25) is 0 Å². The van der Waals surface area contributed by atoms with Crippen LogP contribution in [0.15, 0.2) is 42.7 Å². The van der Waals surface area contributed by atoms with E-state index in [1.807, 2.05) is 69.4 Å². The quantitative estimate of drug-likeness (QED) is 0.768. The SMILES string of the molecule is Cc1cnccc1NCCNC(=O)[C@@H](c1ccccc1C)N(C)C. The number of carbonyl (C=O) groups excluding carboxylic acids is 1. The van der Waals surface area contributed by atoms with Crippen LogP contribution in [0, 0.1) is 13.8 Å². The van der Waals surface area contributed by atoms with E-state index in [2.05, 4.69) is 15.6 Å². The second-order valence-corrected chi connectivity index (χ2v) is 6.13. The summed E-state index contributed by atoms with van der Waals surface area (Å²) in [5.41, 5.74) is 4.30. The average molecular weight is 326 g/mol. The van der Waals surface area contributed by atoms with Crippen molar-refractivity contribution < 1.29 is 4.79 Å². The normalized spacial score (nSPS) is 12.0. The zero-order chi connectivity index (χ0) is 17.5. The maximum absolute atomic E-state index is 12.6. The fourth-order valence-corrected chi connectivity index (χ4v) is 2.70. The molecule has 5 heteroatoms. The van der Waals surface area contributed by atoms with E-state index in [1.54, 1.807) is 6.20 Å². The molecule has 0 saturated carbocycles. The molecule has 2 rings (SSSR count). The molecule has 0 unspecified atom stereocenters. The third-order valence-corrected chi connectivity index (χ3v) is 4.01. The molecule has 24 heavy (non-hydrogen) atoms.